The third kappa shape index (κ3) is 2.13. The molecule has 1 heterocycles. The molecular formula is C10H12N2O2. The SMILES string of the molecule is C#Cc1c[nH]nc1OC(=O)C(C)(C)C. The van der Waals surface area contributed by atoms with E-state index in [4.69, 9.17) is 11.2 Å². The van der Waals surface area contributed by atoms with E-state index in [2.05, 4.69) is 16.1 Å². The standard InChI is InChI=1S/C10H12N2O2/c1-5-7-6-11-12-8(7)14-9(13)10(2,3)4/h1,6H,2-4H3,(H,11,12). The van der Waals surface area contributed by atoms with Gasteiger partial charge in [0.1, 0.15) is 5.56 Å². The van der Waals surface area contributed by atoms with Crippen LogP contribution in [0.25, 0.3) is 0 Å². The Morgan fingerprint density at radius 3 is 2.79 bits per heavy atom. The quantitative estimate of drug-likeness (QED) is 0.539. The predicted molar refractivity (Wildman–Crippen MR) is 51.6 cm³/mol. The Labute approximate surface area is 82.7 Å². The molecule has 0 bridgehead atoms. The molecule has 1 aromatic rings. The van der Waals surface area contributed by atoms with Crippen molar-refractivity contribution < 1.29 is 9.53 Å². The van der Waals surface area contributed by atoms with Crippen LogP contribution in [0.4, 0.5) is 0 Å². The number of H-pyrrole nitrogens is 1. The van der Waals surface area contributed by atoms with Crippen molar-refractivity contribution >= 4 is 5.97 Å². The molecule has 0 aliphatic rings. The van der Waals surface area contributed by atoms with Gasteiger partial charge in [0.15, 0.2) is 0 Å². The highest BCUT2D eigenvalue weighted by atomic mass is 16.5. The summed E-state index contributed by atoms with van der Waals surface area (Å²) in [5.41, 5.74) is -0.118. The summed E-state index contributed by atoms with van der Waals surface area (Å²) < 4.78 is 5.02. The summed E-state index contributed by atoms with van der Waals surface area (Å²) in [7, 11) is 0. The summed E-state index contributed by atoms with van der Waals surface area (Å²) in [5, 5.41) is 6.27. The lowest BCUT2D eigenvalue weighted by atomic mass is 9.97. The van der Waals surface area contributed by atoms with Crippen LogP contribution in [0.3, 0.4) is 0 Å². The zero-order valence-electron chi connectivity index (χ0n) is 8.42. The number of hydrogen-bond donors (Lipinski definition) is 1. The van der Waals surface area contributed by atoms with Crippen LogP contribution in [-0.4, -0.2) is 16.2 Å². The Hall–Kier alpha value is -1.76. The molecule has 0 aromatic carbocycles. The second-order valence-corrected chi connectivity index (χ2v) is 3.89. The highest BCUT2D eigenvalue weighted by Crippen LogP contribution is 2.19. The van der Waals surface area contributed by atoms with Crippen molar-refractivity contribution in [1.29, 1.82) is 0 Å². The number of carbonyl (C=O) groups is 1. The molecule has 0 spiro atoms. The van der Waals surface area contributed by atoms with Crippen molar-refractivity contribution in [2.75, 3.05) is 0 Å². The Balaban J connectivity index is 2.81. The van der Waals surface area contributed by atoms with Crippen molar-refractivity contribution in [3.05, 3.63) is 11.8 Å². The third-order valence-electron chi connectivity index (χ3n) is 1.56. The molecule has 0 radical (unpaired) electrons. The summed E-state index contributed by atoms with van der Waals surface area (Å²) in [6.07, 6.45) is 6.68. The van der Waals surface area contributed by atoms with E-state index in [0.29, 0.717) is 5.56 Å². The smallest absolute Gasteiger partial charge is 0.318 e. The average molecular weight is 192 g/mol. The summed E-state index contributed by atoms with van der Waals surface area (Å²) in [5.74, 6) is 2.16. The van der Waals surface area contributed by atoms with Gasteiger partial charge in [-0.3, -0.25) is 9.89 Å². The van der Waals surface area contributed by atoms with Crippen LogP contribution in [0.15, 0.2) is 6.20 Å². The largest absolute Gasteiger partial charge is 0.404 e. The molecule has 0 fully saturated rings. The molecule has 0 aliphatic heterocycles. The molecule has 1 N–H and O–H groups in total. The van der Waals surface area contributed by atoms with Gasteiger partial charge < -0.3 is 4.74 Å². The maximum absolute atomic E-state index is 11.5. The molecule has 4 heteroatoms. The second kappa shape index (κ2) is 3.54. The highest BCUT2D eigenvalue weighted by Gasteiger charge is 2.25. The van der Waals surface area contributed by atoms with Gasteiger partial charge in [0.05, 0.1) is 5.41 Å². The van der Waals surface area contributed by atoms with Gasteiger partial charge in [-0.05, 0) is 20.8 Å². The normalized spacial score (nSPS) is 10.7. The minimum Gasteiger partial charge on any atom is -0.404 e. The van der Waals surface area contributed by atoms with E-state index in [1.165, 1.54) is 6.20 Å². The molecule has 0 saturated heterocycles. The average Bonchev–Trinajstić information content (AvgIpc) is 2.50. The van der Waals surface area contributed by atoms with Crippen molar-refractivity contribution in [3.8, 4) is 18.2 Å². The van der Waals surface area contributed by atoms with E-state index in [-0.39, 0.29) is 11.8 Å². The lowest BCUT2D eigenvalue weighted by molar-refractivity contribution is -0.143. The first-order valence-electron chi connectivity index (χ1n) is 4.18. The number of nitrogens with one attached hydrogen (secondary N) is 1. The van der Waals surface area contributed by atoms with Gasteiger partial charge in [0.2, 0.25) is 0 Å². The summed E-state index contributed by atoms with van der Waals surface area (Å²) in [6, 6.07) is 0. The van der Waals surface area contributed by atoms with Gasteiger partial charge in [-0.15, -0.1) is 11.5 Å². The number of aromatic amines is 1. The monoisotopic (exact) mass is 192 g/mol. The van der Waals surface area contributed by atoms with Crippen LogP contribution in [-0.2, 0) is 4.79 Å². The number of nitrogens with zero attached hydrogens (tertiary/aromatic N) is 1. The Morgan fingerprint density at radius 1 is 1.64 bits per heavy atom. The Morgan fingerprint density at radius 2 is 2.29 bits per heavy atom. The van der Waals surface area contributed by atoms with Crippen molar-refractivity contribution in [2.45, 2.75) is 20.8 Å². The number of aromatic nitrogens is 2. The van der Waals surface area contributed by atoms with E-state index < -0.39 is 5.41 Å². The first-order valence-corrected chi connectivity index (χ1v) is 4.18. The third-order valence-corrected chi connectivity index (χ3v) is 1.56. The van der Waals surface area contributed by atoms with Gasteiger partial charge in [0.25, 0.3) is 5.88 Å². The van der Waals surface area contributed by atoms with Crippen LogP contribution in [0, 0.1) is 17.8 Å². The van der Waals surface area contributed by atoms with E-state index in [1.54, 1.807) is 20.8 Å². The molecule has 0 saturated carbocycles. The summed E-state index contributed by atoms with van der Waals surface area (Å²) in [6.45, 7) is 5.28. The zero-order chi connectivity index (χ0) is 10.8. The number of terminal acetylenes is 1. The second-order valence-electron chi connectivity index (χ2n) is 3.89. The molecule has 0 unspecified atom stereocenters. The molecule has 0 atom stereocenters. The van der Waals surface area contributed by atoms with E-state index in [1.807, 2.05) is 0 Å². The Kier molecular flexibility index (Phi) is 2.61. The number of rotatable bonds is 1. The van der Waals surface area contributed by atoms with Crippen molar-refractivity contribution in [3.63, 3.8) is 0 Å². The first-order chi connectivity index (χ1) is 6.45. The molecule has 1 rings (SSSR count). The van der Waals surface area contributed by atoms with Gasteiger partial charge in [-0.25, -0.2) is 0 Å². The predicted octanol–water partition coefficient (Wildman–Crippen LogP) is 1.34. The maximum atomic E-state index is 11.5. The molecule has 0 amide bonds. The van der Waals surface area contributed by atoms with Crippen LogP contribution in [0.2, 0.25) is 0 Å². The number of ether oxygens (including phenoxy) is 1. The number of carbonyl (C=O) groups excluding carboxylic acids is 1. The van der Waals surface area contributed by atoms with Crippen LogP contribution < -0.4 is 4.74 Å². The molecule has 74 valence electrons. The van der Waals surface area contributed by atoms with Gasteiger partial charge in [-0.1, -0.05) is 5.92 Å². The summed E-state index contributed by atoms with van der Waals surface area (Å²) >= 11 is 0. The maximum Gasteiger partial charge on any atom is 0.318 e. The highest BCUT2D eigenvalue weighted by molar-refractivity contribution is 5.78. The lowest BCUT2D eigenvalue weighted by Gasteiger charge is -2.14. The van der Waals surface area contributed by atoms with E-state index in [0.717, 1.165) is 0 Å². The van der Waals surface area contributed by atoms with E-state index >= 15 is 0 Å². The fourth-order valence-corrected chi connectivity index (χ4v) is 0.700. The van der Waals surface area contributed by atoms with Gasteiger partial charge >= 0.3 is 5.97 Å². The minimum absolute atomic E-state index is 0.160. The van der Waals surface area contributed by atoms with Crippen molar-refractivity contribution in [1.82, 2.24) is 10.2 Å². The fraction of sp³-hybridized carbons (Fsp3) is 0.400. The zero-order valence-corrected chi connectivity index (χ0v) is 8.42. The Bertz CT molecular complexity index is 380. The van der Waals surface area contributed by atoms with Crippen LogP contribution in [0.5, 0.6) is 5.88 Å². The van der Waals surface area contributed by atoms with Crippen LogP contribution in [0.1, 0.15) is 26.3 Å². The van der Waals surface area contributed by atoms with E-state index in [9.17, 15) is 4.79 Å². The van der Waals surface area contributed by atoms with Gasteiger partial charge in [-0.2, -0.15) is 0 Å². The number of hydrogen-bond acceptors (Lipinski definition) is 3. The van der Waals surface area contributed by atoms with Gasteiger partial charge in [0, 0.05) is 6.20 Å². The molecule has 0 aliphatic carbocycles. The number of esters is 1. The molecular weight excluding hydrogens is 180 g/mol. The van der Waals surface area contributed by atoms with Crippen molar-refractivity contribution in [2.24, 2.45) is 5.41 Å². The topological polar surface area (TPSA) is 55.0 Å². The molecule has 14 heavy (non-hydrogen) atoms. The van der Waals surface area contributed by atoms with Crippen LogP contribution >= 0.6 is 0 Å². The molecule has 4 nitrogen and oxygen atoms in total. The lowest BCUT2D eigenvalue weighted by Crippen LogP contribution is -2.25. The minimum atomic E-state index is -0.565. The summed E-state index contributed by atoms with van der Waals surface area (Å²) in [4.78, 5) is 11.5. The first kappa shape index (κ1) is 10.3. The molecule has 1 aromatic heterocycles. The fourth-order valence-electron chi connectivity index (χ4n) is 0.700.